The van der Waals surface area contributed by atoms with E-state index in [2.05, 4.69) is 39.4 Å². The standard InChI is InChI=1S/C25H29N7O/c1-14-16(3-6-23(28-14)31-10-17-9-18(17)11-31)12-32-13-21(15(2)30-32)25(33)29-22-5-4-20-19(22)7-8-27-24(20)26/h3,6-8,13,17-18,22H,4-5,9-12H2,1-2H3,(H2,26,27)(H,29,33). The Morgan fingerprint density at radius 2 is 2.00 bits per heavy atom. The Hall–Kier alpha value is -3.42. The normalized spacial score (nSPS) is 22.8. The van der Waals surface area contributed by atoms with E-state index in [1.54, 1.807) is 6.20 Å². The van der Waals surface area contributed by atoms with E-state index in [0.29, 0.717) is 17.9 Å². The van der Waals surface area contributed by atoms with E-state index < -0.39 is 0 Å². The molecule has 2 aliphatic carbocycles. The number of aromatic nitrogens is 4. The topological polar surface area (TPSA) is 102 Å². The van der Waals surface area contributed by atoms with Crippen molar-refractivity contribution in [1.29, 1.82) is 0 Å². The Kier molecular flexibility index (Phi) is 4.64. The van der Waals surface area contributed by atoms with Gasteiger partial charge in [0, 0.05) is 31.2 Å². The van der Waals surface area contributed by atoms with Crippen LogP contribution in [0, 0.1) is 25.7 Å². The zero-order valence-corrected chi connectivity index (χ0v) is 19.1. The predicted molar refractivity (Wildman–Crippen MR) is 126 cm³/mol. The van der Waals surface area contributed by atoms with Crippen LogP contribution in [0.5, 0.6) is 0 Å². The molecule has 8 nitrogen and oxygen atoms in total. The highest BCUT2D eigenvalue weighted by atomic mass is 16.1. The third kappa shape index (κ3) is 3.63. The highest BCUT2D eigenvalue weighted by molar-refractivity contribution is 5.95. The first kappa shape index (κ1) is 20.2. The molecule has 170 valence electrons. The van der Waals surface area contributed by atoms with Crippen LogP contribution in [0.4, 0.5) is 11.6 Å². The summed E-state index contributed by atoms with van der Waals surface area (Å²) < 4.78 is 1.84. The lowest BCUT2D eigenvalue weighted by Gasteiger charge is -2.20. The smallest absolute Gasteiger partial charge is 0.255 e. The lowest BCUT2D eigenvalue weighted by Crippen LogP contribution is -2.27. The number of fused-ring (bicyclic) bond motifs is 2. The lowest BCUT2D eigenvalue weighted by molar-refractivity contribution is 0.0936. The number of anilines is 2. The average Bonchev–Trinajstić information content (AvgIpc) is 3.12. The van der Waals surface area contributed by atoms with E-state index in [0.717, 1.165) is 71.7 Å². The van der Waals surface area contributed by atoms with Gasteiger partial charge >= 0.3 is 0 Å². The Bertz CT molecular complexity index is 1240. The maximum atomic E-state index is 13.0. The quantitative estimate of drug-likeness (QED) is 0.629. The van der Waals surface area contributed by atoms with Crippen LogP contribution in [-0.2, 0) is 13.0 Å². The number of hydrogen-bond donors (Lipinski definition) is 2. The minimum absolute atomic E-state index is 0.0452. The van der Waals surface area contributed by atoms with Crippen molar-refractivity contribution in [3.63, 3.8) is 0 Å². The van der Waals surface area contributed by atoms with E-state index in [4.69, 9.17) is 10.7 Å². The first-order chi connectivity index (χ1) is 16.0. The number of amides is 1. The number of piperidine rings is 1. The van der Waals surface area contributed by atoms with Gasteiger partial charge in [-0.05, 0) is 73.8 Å². The summed E-state index contributed by atoms with van der Waals surface area (Å²) in [6.45, 7) is 6.80. The van der Waals surface area contributed by atoms with Crippen molar-refractivity contribution < 1.29 is 4.79 Å². The first-order valence-corrected chi connectivity index (χ1v) is 11.8. The van der Waals surface area contributed by atoms with Gasteiger partial charge in [0.1, 0.15) is 11.6 Å². The molecule has 4 heterocycles. The van der Waals surface area contributed by atoms with Crippen LogP contribution in [0.15, 0.2) is 30.6 Å². The fourth-order valence-corrected chi connectivity index (χ4v) is 5.45. The van der Waals surface area contributed by atoms with Gasteiger partial charge < -0.3 is 16.0 Å². The van der Waals surface area contributed by atoms with E-state index in [-0.39, 0.29) is 11.9 Å². The van der Waals surface area contributed by atoms with Gasteiger partial charge in [-0.2, -0.15) is 5.10 Å². The molecule has 0 radical (unpaired) electrons. The van der Waals surface area contributed by atoms with Gasteiger partial charge in [0.2, 0.25) is 0 Å². The molecule has 33 heavy (non-hydrogen) atoms. The number of nitrogen functional groups attached to an aromatic ring is 1. The fourth-order valence-electron chi connectivity index (χ4n) is 5.45. The average molecular weight is 444 g/mol. The summed E-state index contributed by atoms with van der Waals surface area (Å²) in [5.74, 6) is 3.30. The van der Waals surface area contributed by atoms with Gasteiger partial charge in [-0.15, -0.1) is 0 Å². The molecule has 2 fully saturated rings. The van der Waals surface area contributed by atoms with Crippen LogP contribution in [0.3, 0.4) is 0 Å². The molecule has 3 N–H and O–H groups in total. The number of pyridine rings is 2. The van der Waals surface area contributed by atoms with E-state index >= 15 is 0 Å². The van der Waals surface area contributed by atoms with Crippen LogP contribution < -0.4 is 16.0 Å². The molecule has 0 spiro atoms. The van der Waals surface area contributed by atoms with Crippen LogP contribution in [0.1, 0.15) is 57.3 Å². The second kappa shape index (κ2) is 7.57. The molecule has 8 heteroatoms. The lowest BCUT2D eigenvalue weighted by atomic mass is 10.1. The molecule has 1 aliphatic heterocycles. The summed E-state index contributed by atoms with van der Waals surface area (Å²) >= 11 is 0. The zero-order valence-electron chi connectivity index (χ0n) is 19.1. The molecule has 6 rings (SSSR count). The Balaban J connectivity index is 1.15. The number of nitrogens with two attached hydrogens (primary N) is 1. The largest absolute Gasteiger partial charge is 0.383 e. The molecule has 1 saturated carbocycles. The summed E-state index contributed by atoms with van der Waals surface area (Å²) in [7, 11) is 0. The predicted octanol–water partition coefficient (Wildman–Crippen LogP) is 2.79. The number of hydrogen-bond acceptors (Lipinski definition) is 6. The summed E-state index contributed by atoms with van der Waals surface area (Å²) in [5.41, 5.74) is 11.6. The van der Waals surface area contributed by atoms with Crippen molar-refractivity contribution in [2.24, 2.45) is 11.8 Å². The van der Waals surface area contributed by atoms with Crippen LogP contribution >= 0.6 is 0 Å². The second-order valence-electron chi connectivity index (χ2n) is 9.73. The molecule has 3 atom stereocenters. The molecular formula is C25H29N7O. The monoisotopic (exact) mass is 443 g/mol. The van der Waals surface area contributed by atoms with Crippen molar-refractivity contribution >= 4 is 17.5 Å². The molecule has 1 amide bonds. The van der Waals surface area contributed by atoms with Crippen molar-refractivity contribution in [3.05, 3.63) is 64.2 Å². The zero-order chi connectivity index (χ0) is 22.7. The second-order valence-corrected chi connectivity index (χ2v) is 9.73. The Morgan fingerprint density at radius 1 is 1.18 bits per heavy atom. The maximum absolute atomic E-state index is 13.0. The van der Waals surface area contributed by atoms with Crippen molar-refractivity contribution in [3.8, 4) is 0 Å². The minimum Gasteiger partial charge on any atom is -0.383 e. The number of nitrogens with zero attached hydrogens (tertiary/aromatic N) is 5. The maximum Gasteiger partial charge on any atom is 0.255 e. The first-order valence-electron chi connectivity index (χ1n) is 11.8. The molecular weight excluding hydrogens is 414 g/mol. The van der Waals surface area contributed by atoms with E-state index in [1.165, 1.54) is 6.42 Å². The molecule has 3 aromatic heterocycles. The fraction of sp³-hybridized carbons (Fsp3) is 0.440. The third-order valence-electron chi connectivity index (χ3n) is 7.50. The molecule has 3 aromatic rings. The van der Waals surface area contributed by atoms with Crippen LogP contribution in [0.25, 0.3) is 0 Å². The third-order valence-corrected chi connectivity index (χ3v) is 7.50. The van der Waals surface area contributed by atoms with Crippen LogP contribution in [0.2, 0.25) is 0 Å². The summed E-state index contributed by atoms with van der Waals surface area (Å²) in [6.07, 6.45) is 6.60. The van der Waals surface area contributed by atoms with Crippen molar-refractivity contribution in [2.45, 2.75) is 45.7 Å². The molecule has 0 aromatic carbocycles. The summed E-state index contributed by atoms with van der Waals surface area (Å²) in [4.78, 5) is 24.5. The molecule has 1 saturated heterocycles. The van der Waals surface area contributed by atoms with Gasteiger partial charge in [0.15, 0.2) is 0 Å². The minimum atomic E-state index is -0.107. The number of carbonyl (C=O) groups is 1. The van der Waals surface area contributed by atoms with E-state index in [9.17, 15) is 4.79 Å². The highest BCUT2D eigenvalue weighted by Crippen LogP contribution is 2.46. The van der Waals surface area contributed by atoms with Gasteiger partial charge in [0.05, 0.1) is 23.8 Å². The summed E-state index contributed by atoms with van der Waals surface area (Å²) in [6, 6.07) is 6.17. The molecule has 3 aliphatic rings. The highest BCUT2D eigenvalue weighted by Gasteiger charge is 2.45. The number of carbonyl (C=O) groups excluding carboxylic acids is 1. The van der Waals surface area contributed by atoms with Gasteiger partial charge in [-0.25, -0.2) is 9.97 Å². The van der Waals surface area contributed by atoms with Gasteiger partial charge in [0.25, 0.3) is 5.91 Å². The van der Waals surface area contributed by atoms with Crippen molar-refractivity contribution in [1.82, 2.24) is 25.1 Å². The van der Waals surface area contributed by atoms with E-state index in [1.807, 2.05) is 23.9 Å². The SMILES string of the molecule is Cc1nc(N2CC3CC3C2)ccc1Cn1cc(C(=O)NC2CCc3c2ccnc3N)c(C)n1. The van der Waals surface area contributed by atoms with Gasteiger partial charge in [-0.1, -0.05) is 6.07 Å². The van der Waals surface area contributed by atoms with Gasteiger partial charge in [-0.3, -0.25) is 9.48 Å². The number of nitrogens with one attached hydrogen (secondary N) is 1. The van der Waals surface area contributed by atoms with Crippen molar-refractivity contribution in [2.75, 3.05) is 23.7 Å². The number of rotatable bonds is 5. The molecule has 3 unspecified atom stereocenters. The number of aryl methyl sites for hydroxylation is 2. The summed E-state index contributed by atoms with van der Waals surface area (Å²) in [5, 5.41) is 7.76. The van der Waals surface area contributed by atoms with Crippen LogP contribution in [-0.4, -0.2) is 38.7 Å². The Morgan fingerprint density at radius 3 is 2.79 bits per heavy atom. The Labute approximate surface area is 193 Å². The molecule has 0 bridgehead atoms.